The molecule has 0 amide bonds. The van der Waals surface area contributed by atoms with Crippen LogP contribution >= 0.6 is 0 Å². The molecular formula is C12H14O3. The highest BCUT2D eigenvalue weighted by Crippen LogP contribution is 2.28. The number of hydrogen-bond acceptors (Lipinski definition) is 3. The number of ether oxygens (including phenoxy) is 2. The normalized spacial score (nSPS) is 10.3. The van der Waals surface area contributed by atoms with Gasteiger partial charge in [0.2, 0.25) is 0 Å². The molecule has 0 spiro atoms. The lowest BCUT2D eigenvalue weighted by atomic mass is 10.1. The van der Waals surface area contributed by atoms with Crippen molar-refractivity contribution >= 4 is 12.4 Å². The average molecular weight is 206 g/mol. The number of aryl methyl sites for hydroxylation is 1. The molecule has 80 valence electrons. The molecule has 0 atom stereocenters. The zero-order valence-corrected chi connectivity index (χ0v) is 9.11. The number of aldehydes is 1. The number of carbonyl (C=O) groups is 1. The molecule has 0 radical (unpaired) electrons. The second kappa shape index (κ2) is 5.20. The first kappa shape index (κ1) is 11.3. The molecule has 0 saturated carbocycles. The summed E-state index contributed by atoms with van der Waals surface area (Å²) in [4.78, 5) is 10.2. The zero-order chi connectivity index (χ0) is 11.3. The van der Waals surface area contributed by atoms with Gasteiger partial charge in [-0.3, -0.25) is 4.79 Å². The number of benzene rings is 1. The number of methoxy groups -OCH3 is 2. The van der Waals surface area contributed by atoms with E-state index in [0.717, 1.165) is 28.9 Å². The van der Waals surface area contributed by atoms with Gasteiger partial charge in [0.05, 0.1) is 14.2 Å². The van der Waals surface area contributed by atoms with Crippen LogP contribution in [-0.4, -0.2) is 20.5 Å². The molecule has 0 aliphatic carbocycles. The van der Waals surface area contributed by atoms with Crippen molar-refractivity contribution in [1.82, 2.24) is 0 Å². The first-order valence-corrected chi connectivity index (χ1v) is 4.57. The van der Waals surface area contributed by atoms with Gasteiger partial charge < -0.3 is 9.47 Å². The third kappa shape index (κ3) is 2.59. The molecule has 0 heterocycles. The Labute approximate surface area is 89.3 Å². The van der Waals surface area contributed by atoms with E-state index in [1.54, 1.807) is 20.3 Å². The smallest absolute Gasteiger partial charge is 0.142 e. The van der Waals surface area contributed by atoms with Crippen molar-refractivity contribution in [2.45, 2.75) is 6.92 Å². The summed E-state index contributed by atoms with van der Waals surface area (Å²) in [7, 11) is 3.21. The van der Waals surface area contributed by atoms with Gasteiger partial charge in [0.25, 0.3) is 0 Å². The van der Waals surface area contributed by atoms with Crippen LogP contribution in [-0.2, 0) is 4.79 Å². The summed E-state index contributed by atoms with van der Waals surface area (Å²) in [5.41, 5.74) is 1.82. The standard InChI is InChI=1S/C12H14O3/c1-9-7-12(15-3)10(5-4-6-13)8-11(9)14-2/h4-8H,1-3H3/b5-4+. The minimum atomic E-state index is 0.728. The minimum absolute atomic E-state index is 0.728. The molecule has 3 nitrogen and oxygen atoms in total. The monoisotopic (exact) mass is 206 g/mol. The van der Waals surface area contributed by atoms with Crippen LogP contribution in [0.5, 0.6) is 11.5 Å². The SMILES string of the molecule is COc1cc(/C=C/C=O)c(OC)cc1C. The third-order valence-corrected chi connectivity index (χ3v) is 2.10. The van der Waals surface area contributed by atoms with E-state index in [0.29, 0.717) is 0 Å². The molecule has 0 aliphatic rings. The summed E-state index contributed by atoms with van der Waals surface area (Å²) in [6.07, 6.45) is 3.84. The summed E-state index contributed by atoms with van der Waals surface area (Å²) >= 11 is 0. The van der Waals surface area contributed by atoms with Gasteiger partial charge in [0.15, 0.2) is 0 Å². The van der Waals surface area contributed by atoms with Gasteiger partial charge in [-0.2, -0.15) is 0 Å². The molecule has 1 rings (SSSR count). The Bertz CT molecular complexity index is 381. The summed E-state index contributed by atoms with van der Waals surface area (Å²) in [6.45, 7) is 1.94. The maximum Gasteiger partial charge on any atom is 0.142 e. The Hall–Kier alpha value is -1.77. The molecule has 3 heteroatoms. The predicted octanol–water partition coefficient (Wildman–Crippen LogP) is 2.22. The Morgan fingerprint density at radius 3 is 2.33 bits per heavy atom. The highest BCUT2D eigenvalue weighted by molar-refractivity contribution is 5.76. The number of rotatable bonds is 4. The van der Waals surface area contributed by atoms with E-state index < -0.39 is 0 Å². The Morgan fingerprint density at radius 2 is 1.80 bits per heavy atom. The highest BCUT2D eigenvalue weighted by atomic mass is 16.5. The molecule has 0 aliphatic heterocycles. The van der Waals surface area contributed by atoms with Crippen LogP contribution in [0.25, 0.3) is 6.08 Å². The fourth-order valence-electron chi connectivity index (χ4n) is 1.35. The maximum atomic E-state index is 10.2. The Balaban J connectivity index is 3.21. The summed E-state index contributed by atoms with van der Waals surface area (Å²) in [6, 6.07) is 3.72. The number of hydrogen-bond donors (Lipinski definition) is 0. The number of carbonyl (C=O) groups excluding carboxylic acids is 1. The quantitative estimate of drug-likeness (QED) is 0.559. The van der Waals surface area contributed by atoms with Gasteiger partial charge >= 0.3 is 0 Å². The number of allylic oxidation sites excluding steroid dienone is 1. The minimum Gasteiger partial charge on any atom is -0.496 e. The first-order chi connectivity index (χ1) is 7.22. The van der Waals surface area contributed by atoms with Crippen molar-refractivity contribution in [3.63, 3.8) is 0 Å². The van der Waals surface area contributed by atoms with E-state index in [4.69, 9.17) is 9.47 Å². The molecule has 0 N–H and O–H groups in total. The molecule has 1 aromatic rings. The molecule has 15 heavy (non-hydrogen) atoms. The van der Waals surface area contributed by atoms with Crippen LogP contribution in [0, 0.1) is 6.92 Å². The lowest BCUT2D eigenvalue weighted by Gasteiger charge is -2.10. The largest absolute Gasteiger partial charge is 0.496 e. The molecule has 0 saturated heterocycles. The second-order valence-electron chi connectivity index (χ2n) is 3.06. The molecule has 1 aromatic carbocycles. The van der Waals surface area contributed by atoms with Gasteiger partial charge in [-0.05, 0) is 36.8 Å². The van der Waals surface area contributed by atoms with E-state index in [1.807, 2.05) is 19.1 Å². The van der Waals surface area contributed by atoms with Gasteiger partial charge in [-0.1, -0.05) is 0 Å². The van der Waals surface area contributed by atoms with Crippen LogP contribution in [0.1, 0.15) is 11.1 Å². The molecule has 0 bridgehead atoms. The van der Waals surface area contributed by atoms with Gasteiger partial charge in [0.1, 0.15) is 17.8 Å². The molecule has 0 fully saturated rings. The van der Waals surface area contributed by atoms with Crippen LogP contribution in [0.15, 0.2) is 18.2 Å². The van der Waals surface area contributed by atoms with E-state index in [9.17, 15) is 4.79 Å². The molecule has 0 unspecified atom stereocenters. The van der Waals surface area contributed by atoms with Gasteiger partial charge in [-0.15, -0.1) is 0 Å². The van der Waals surface area contributed by atoms with E-state index in [1.165, 1.54) is 6.08 Å². The highest BCUT2D eigenvalue weighted by Gasteiger charge is 2.05. The second-order valence-corrected chi connectivity index (χ2v) is 3.06. The van der Waals surface area contributed by atoms with Crippen molar-refractivity contribution in [3.8, 4) is 11.5 Å². The first-order valence-electron chi connectivity index (χ1n) is 4.57. The zero-order valence-electron chi connectivity index (χ0n) is 9.11. The summed E-state index contributed by atoms with van der Waals surface area (Å²) in [5.74, 6) is 1.51. The van der Waals surface area contributed by atoms with E-state index >= 15 is 0 Å². The Morgan fingerprint density at radius 1 is 1.13 bits per heavy atom. The van der Waals surface area contributed by atoms with Crippen LogP contribution < -0.4 is 9.47 Å². The van der Waals surface area contributed by atoms with Crippen LogP contribution in [0.2, 0.25) is 0 Å². The van der Waals surface area contributed by atoms with Crippen LogP contribution in [0.4, 0.5) is 0 Å². The lowest BCUT2D eigenvalue weighted by molar-refractivity contribution is -0.104. The average Bonchev–Trinajstić information content (AvgIpc) is 2.26. The van der Waals surface area contributed by atoms with Crippen molar-refractivity contribution in [3.05, 3.63) is 29.3 Å². The van der Waals surface area contributed by atoms with E-state index in [-0.39, 0.29) is 0 Å². The summed E-state index contributed by atoms with van der Waals surface area (Å²) in [5, 5.41) is 0. The van der Waals surface area contributed by atoms with Crippen LogP contribution in [0.3, 0.4) is 0 Å². The van der Waals surface area contributed by atoms with E-state index in [2.05, 4.69) is 0 Å². The van der Waals surface area contributed by atoms with Crippen molar-refractivity contribution in [2.75, 3.05) is 14.2 Å². The predicted molar refractivity (Wildman–Crippen MR) is 59.4 cm³/mol. The molecule has 0 aromatic heterocycles. The summed E-state index contributed by atoms with van der Waals surface area (Å²) < 4.78 is 10.4. The lowest BCUT2D eigenvalue weighted by Crippen LogP contribution is -1.92. The maximum absolute atomic E-state index is 10.2. The third-order valence-electron chi connectivity index (χ3n) is 2.10. The van der Waals surface area contributed by atoms with Gasteiger partial charge in [0, 0.05) is 5.56 Å². The Kier molecular flexibility index (Phi) is 3.92. The fraction of sp³-hybridized carbons (Fsp3) is 0.250. The van der Waals surface area contributed by atoms with Crippen molar-refractivity contribution < 1.29 is 14.3 Å². The van der Waals surface area contributed by atoms with Gasteiger partial charge in [-0.25, -0.2) is 0 Å². The van der Waals surface area contributed by atoms with Crippen molar-refractivity contribution in [1.29, 1.82) is 0 Å². The molecular weight excluding hydrogens is 192 g/mol. The van der Waals surface area contributed by atoms with Crippen molar-refractivity contribution in [2.24, 2.45) is 0 Å². The topological polar surface area (TPSA) is 35.5 Å². The fourth-order valence-corrected chi connectivity index (χ4v) is 1.35.